The molecule has 1 amide bonds. The summed E-state index contributed by atoms with van der Waals surface area (Å²) in [7, 11) is 1.20. The molecule has 0 aromatic heterocycles. The molecular weight excluding hydrogens is 681 g/mol. The fourth-order valence-electron chi connectivity index (χ4n) is 6.47. The number of allylic oxidation sites excluding steroid dienone is 1. The average Bonchev–Trinajstić information content (AvgIpc) is 3.31. The monoisotopic (exact) mass is 713 g/mol. The third kappa shape index (κ3) is 7.78. The van der Waals surface area contributed by atoms with E-state index in [0.717, 1.165) is 12.1 Å². The van der Waals surface area contributed by atoms with Gasteiger partial charge in [-0.25, -0.2) is 9.59 Å². The number of carbonyl (C=O) groups excluding carboxylic acids is 2. The van der Waals surface area contributed by atoms with Gasteiger partial charge in [-0.15, -0.1) is 0 Å². The number of methoxy groups -OCH3 is 1. The summed E-state index contributed by atoms with van der Waals surface area (Å²) in [6, 6.07) is 9.39. The van der Waals surface area contributed by atoms with Gasteiger partial charge in [0.05, 0.1) is 35.4 Å². The number of hydrogen-bond acceptors (Lipinski definition) is 4. The van der Waals surface area contributed by atoms with Crippen LogP contribution in [0.25, 0.3) is 16.7 Å². The molecule has 5 rings (SSSR count). The molecule has 5 nitrogen and oxygen atoms in total. The molecule has 1 saturated heterocycles. The van der Waals surface area contributed by atoms with Crippen LogP contribution in [0, 0.1) is 5.41 Å². The number of esters is 1. The summed E-state index contributed by atoms with van der Waals surface area (Å²) >= 11 is 0. The van der Waals surface area contributed by atoms with Crippen LogP contribution < -0.4 is 0 Å². The van der Waals surface area contributed by atoms with Gasteiger partial charge in [0.25, 0.3) is 0 Å². The molecule has 0 unspecified atom stereocenters. The van der Waals surface area contributed by atoms with E-state index in [9.17, 15) is 49.1 Å². The number of alkyl halides is 9. The van der Waals surface area contributed by atoms with Gasteiger partial charge in [-0.1, -0.05) is 26.0 Å². The molecule has 14 heteroatoms. The number of amides is 1. The van der Waals surface area contributed by atoms with Crippen LogP contribution in [-0.4, -0.2) is 36.7 Å². The third-order valence-electron chi connectivity index (χ3n) is 9.11. The summed E-state index contributed by atoms with van der Waals surface area (Å²) in [4.78, 5) is 26.3. The van der Waals surface area contributed by atoms with Crippen molar-refractivity contribution in [1.82, 2.24) is 4.90 Å². The van der Waals surface area contributed by atoms with E-state index < -0.39 is 65.0 Å². The number of benzene rings is 3. The van der Waals surface area contributed by atoms with Gasteiger partial charge >= 0.3 is 30.6 Å². The predicted octanol–water partition coefficient (Wildman–Crippen LogP) is 10.7. The van der Waals surface area contributed by atoms with E-state index in [1.807, 2.05) is 13.8 Å². The van der Waals surface area contributed by atoms with E-state index in [2.05, 4.69) is 0 Å². The standard InChI is InChI=1S/C36H32F9NO4/c1-19-30(24-14-27(35(40,41)42)16-28(15-24)36(43,44)45)50-32(48)46(19)18-25-17-33(2,3)10-9-29(25)23-11-22(12-26(13-23)34(37,38)39)20-5-7-21(8-6-20)31(47)49-4/h5-8,11-16,19,30H,9-10,17-18H2,1-4H3/t19-,30-/m0/s1. The number of halogens is 9. The summed E-state index contributed by atoms with van der Waals surface area (Å²) in [6.45, 7) is 5.14. The van der Waals surface area contributed by atoms with Gasteiger partial charge in [0.2, 0.25) is 0 Å². The highest BCUT2D eigenvalue weighted by molar-refractivity contribution is 5.90. The van der Waals surface area contributed by atoms with Crippen LogP contribution in [0.2, 0.25) is 0 Å². The van der Waals surface area contributed by atoms with E-state index >= 15 is 0 Å². The van der Waals surface area contributed by atoms with Crippen molar-refractivity contribution in [2.24, 2.45) is 5.41 Å². The van der Waals surface area contributed by atoms with E-state index in [0.29, 0.717) is 48.1 Å². The average molecular weight is 714 g/mol. The molecule has 268 valence electrons. The maximum Gasteiger partial charge on any atom is 0.416 e. The van der Waals surface area contributed by atoms with Crippen LogP contribution >= 0.6 is 0 Å². The normalized spacial score (nSPS) is 19.9. The lowest BCUT2D eigenvalue weighted by Crippen LogP contribution is -2.35. The maximum atomic E-state index is 14.2. The summed E-state index contributed by atoms with van der Waals surface area (Å²) < 4.78 is 134. The van der Waals surface area contributed by atoms with Gasteiger partial charge in [0.1, 0.15) is 6.10 Å². The lowest BCUT2D eigenvalue weighted by molar-refractivity contribution is -0.143. The highest BCUT2D eigenvalue weighted by atomic mass is 19.4. The topological polar surface area (TPSA) is 55.8 Å². The van der Waals surface area contributed by atoms with Crippen LogP contribution in [-0.2, 0) is 28.0 Å². The lowest BCUT2D eigenvalue weighted by Gasteiger charge is -2.35. The van der Waals surface area contributed by atoms with Crippen molar-refractivity contribution in [2.75, 3.05) is 13.7 Å². The van der Waals surface area contributed by atoms with Crippen LogP contribution in [0.4, 0.5) is 44.3 Å². The van der Waals surface area contributed by atoms with Gasteiger partial charge in [0.15, 0.2) is 0 Å². The number of carbonyl (C=O) groups is 2. The van der Waals surface area contributed by atoms with Crippen molar-refractivity contribution >= 4 is 17.6 Å². The van der Waals surface area contributed by atoms with Gasteiger partial charge < -0.3 is 9.47 Å². The zero-order valence-corrected chi connectivity index (χ0v) is 27.2. The Morgan fingerprint density at radius 2 is 1.36 bits per heavy atom. The summed E-state index contributed by atoms with van der Waals surface area (Å²) in [5.41, 5.74) is -2.72. The first-order valence-electron chi connectivity index (χ1n) is 15.5. The predicted molar refractivity (Wildman–Crippen MR) is 165 cm³/mol. The molecule has 3 aromatic rings. The van der Waals surface area contributed by atoms with E-state index in [4.69, 9.17) is 9.47 Å². The molecular formula is C36H32F9NO4. The number of nitrogens with zero attached hydrogens (tertiary/aromatic N) is 1. The first-order chi connectivity index (χ1) is 23.1. The second-order valence-electron chi connectivity index (χ2n) is 13.3. The molecule has 0 radical (unpaired) electrons. The maximum absolute atomic E-state index is 14.2. The van der Waals surface area contributed by atoms with Crippen LogP contribution in [0.1, 0.15) is 84.3 Å². The molecule has 2 atom stereocenters. The van der Waals surface area contributed by atoms with Gasteiger partial charge in [-0.3, -0.25) is 4.90 Å². The summed E-state index contributed by atoms with van der Waals surface area (Å²) in [5.74, 6) is -0.619. The van der Waals surface area contributed by atoms with Gasteiger partial charge in [-0.05, 0) is 114 Å². The van der Waals surface area contributed by atoms with Gasteiger partial charge in [-0.2, -0.15) is 39.5 Å². The van der Waals surface area contributed by atoms with Crippen LogP contribution in [0.15, 0.2) is 66.2 Å². The zero-order chi connectivity index (χ0) is 37.0. The minimum atomic E-state index is -5.11. The molecule has 50 heavy (non-hydrogen) atoms. The highest BCUT2D eigenvalue weighted by Crippen LogP contribution is 2.46. The zero-order valence-electron chi connectivity index (χ0n) is 27.2. The van der Waals surface area contributed by atoms with Crippen LogP contribution in [0.5, 0.6) is 0 Å². The fourth-order valence-corrected chi connectivity index (χ4v) is 6.47. The Balaban J connectivity index is 1.56. The Morgan fingerprint density at radius 3 is 1.90 bits per heavy atom. The molecule has 2 aliphatic rings. The molecule has 0 saturated carbocycles. The number of cyclic esters (lactones) is 1. The van der Waals surface area contributed by atoms with Crippen molar-refractivity contribution in [3.63, 3.8) is 0 Å². The van der Waals surface area contributed by atoms with Crippen molar-refractivity contribution < 1.29 is 58.6 Å². The Labute approximate surface area is 281 Å². The molecule has 0 spiro atoms. The fraction of sp³-hybridized carbons (Fsp3) is 0.389. The van der Waals surface area contributed by atoms with Crippen molar-refractivity contribution in [3.05, 3.63) is 99.6 Å². The quantitative estimate of drug-likeness (QED) is 0.189. The van der Waals surface area contributed by atoms with Gasteiger partial charge in [0, 0.05) is 6.54 Å². The smallest absolute Gasteiger partial charge is 0.416 e. The minimum absolute atomic E-state index is 0.0132. The summed E-state index contributed by atoms with van der Waals surface area (Å²) in [6.07, 6.45) is -16.2. The van der Waals surface area contributed by atoms with E-state index in [1.54, 1.807) is 6.07 Å². The SMILES string of the molecule is COC(=O)c1ccc(-c2cc(C3=C(CN4C(=O)O[C@H](c5cc(C(F)(F)F)cc(C(F)(F)F)c5)[C@@H]4C)CC(C)(C)CC3)cc(C(F)(F)F)c2)cc1. The first kappa shape index (κ1) is 36.8. The third-order valence-corrected chi connectivity index (χ3v) is 9.11. The highest BCUT2D eigenvalue weighted by Gasteiger charge is 2.44. The van der Waals surface area contributed by atoms with Crippen molar-refractivity contribution in [1.29, 1.82) is 0 Å². The lowest BCUT2D eigenvalue weighted by atomic mass is 9.72. The molecule has 1 heterocycles. The molecule has 0 bridgehead atoms. The Morgan fingerprint density at radius 1 is 0.820 bits per heavy atom. The number of rotatable bonds is 6. The minimum Gasteiger partial charge on any atom is -0.465 e. The molecule has 3 aromatic carbocycles. The first-order valence-corrected chi connectivity index (χ1v) is 15.5. The second-order valence-corrected chi connectivity index (χ2v) is 13.3. The van der Waals surface area contributed by atoms with Crippen LogP contribution in [0.3, 0.4) is 0 Å². The molecule has 1 aliphatic heterocycles. The Hall–Kier alpha value is -4.49. The van der Waals surface area contributed by atoms with E-state index in [-0.39, 0.29) is 34.7 Å². The molecule has 1 aliphatic carbocycles. The number of ether oxygens (including phenoxy) is 2. The van der Waals surface area contributed by atoms with E-state index in [1.165, 1.54) is 43.2 Å². The van der Waals surface area contributed by atoms with Crippen molar-refractivity contribution in [3.8, 4) is 11.1 Å². The molecule has 0 N–H and O–H groups in total. The Kier molecular flexibility index (Phi) is 9.56. The number of hydrogen-bond donors (Lipinski definition) is 0. The second kappa shape index (κ2) is 13.0. The summed E-state index contributed by atoms with van der Waals surface area (Å²) in [5, 5.41) is 0. The largest absolute Gasteiger partial charge is 0.465 e. The van der Waals surface area contributed by atoms with Crippen molar-refractivity contribution in [2.45, 2.75) is 70.7 Å². The Bertz CT molecular complexity index is 1790. The molecule has 1 fully saturated rings.